The molecule has 1 aliphatic rings. The third-order valence-electron chi connectivity index (χ3n) is 3.02. The number of fused-ring (bicyclic) bond motifs is 1. The number of thiocarbonyl (C=S) groups is 1. The van der Waals surface area contributed by atoms with Crippen LogP contribution in [-0.2, 0) is 22.4 Å². The molecule has 0 fully saturated rings. The number of amides is 2. The Morgan fingerprint density at radius 1 is 1.21 bits per heavy atom. The van der Waals surface area contributed by atoms with Gasteiger partial charge in [-0.25, -0.2) is 0 Å². The van der Waals surface area contributed by atoms with Gasteiger partial charge in [-0.05, 0) is 24.0 Å². The van der Waals surface area contributed by atoms with E-state index in [4.69, 9.17) is 5.73 Å². The van der Waals surface area contributed by atoms with Crippen LogP contribution in [0.2, 0.25) is 0 Å². The molecular weight excluding hydrogens is 262 g/mol. The standard InChI is InChI=1S/C13H15N3O2S/c14-11(19)7-15-12(17)13(18)16-10-5-8-3-1-2-4-9(8)6-10/h1-4,10H,5-7H2,(H2,14,19)(H,15,17)(H,16,18). The second-order valence-electron chi connectivity index (χ2n) is 4.50. The van der Waals surface area contributed by atoms with Gasteiger partial charge in [-0.1, -0.05) is 36.5 Å². The molecule has 2 rings (SSSR count). The Balaban J connectivity index is 1.85. The first-order chi connectivity index (χ1) is 9.06. The Morgan fingerprint density at radius 2 is 1.79 bits per heavy atom. The molecular formula is C13H15N3O2S. The number of carbonyl (C=O) groups is 2. The van der Waals surface area contributed by atoms with Gasteiger partial charge in [0.2, 0.25) is 0 Å². The van der Waals surface area contributed by atoms with E-state index < -0.39 is 11.8 Å². The lowest BCUT2D eigenvalue weighted by atomic mass is 10.1. The van der Waals surface area contributed by atoms with Crippen LogP contribution in [0.5, 0.6) is 0 Å². The zero-order valence-corrected chi connectivity index (χ0v) is 11.1. The molecule has 0 saturated heterocycles. The molecule has 6 heteroatoms. The van der Waals surface area contributed by atoms with Gasteiger partial charge >= 0.3 is 11.8 Å². The van der Waals surface area contributed by atoms with E-state index in [1.54, 1.807) is 0 Å². The zero-order valence-electron chi connectivity index (χ0n) is 10.3. The van der Waals surface area contributed by atoms with Crippen molar-refractivity contribution in [2.75, 3.05) is 6.54 Å². The van der Waals surface area contributed by atoms with E-state index in [9.17, 15) is 9.59 Å². The SMILES string of the molecule is NC(=S)CNC(=O)C(=O)NC1Cc2ccccc2C1. The Morgan fingerprint density at radius 3 is 2.32 bits per heavy atom. The average Bonchev–Trinajstić information content (AvgIpc) is 2.77. The van der Waals surface area contributed by atoms with E-state index in [0.717, 1.165) is 12.8 Å². The normalized spacial score (nSPS) is 13.7. The molecule has 0 saturated carbocycles. The maximum absolute atomic E-state index is 11.7. The lowest BCUT2D eigenvalue weighted by molar-refractivity contribution is -0.139. The van der Waals surface area contributed by atoms with Crippen LogP contribution in [0.1, 0.15) is 11.1 Å². The van der Waals surface area contributed by atoms with Gasteiger partial charge in [0.25, 0.3) is 0 Å². The molecule has 0 aromatic heterocycles. The summed E-state index contributed by atoms with van der Waals surface area (Å²) in [7, 11) is 0. The molecule has 1 aromatic rings. The molecule has 0 radical (unpaired) electrons. The van der Waals surface area contributed by atoms with Gasteiger partial charge in [0.15, 0.2) is 0 Å². The molecule has 0 bridgehead atoms. The molecule has 0 unspecified atom stereocenters. The summed E-state index contributed by atoms with van der Waals surface area (Å²) in [4.78, 5) is 23.3. The second-order valence-corrected chi connectivity index (χ2v) is 5.02. The number of benzene rings is 1. The maximum Gasteiger partial charge on any atom is 0.309 e. The van der Waals surface area contributed by atoms with Crippen LogP contribution >= 0.6 is 12.2 Å². The lowest BCUT2D eigenvalue weighted by Gasteiger charge is -2.11. The van der Waals surface area contributed by atoms with Gasteiger partial charge in [-0.2, -0.15) is 0 Å². The molecule has 0 spiro atoms. The van der Waals surface area contributed by atoms with E-state index in [1.165, 1.54) is 11.1 Å². The number of hydrogen-bond acceptors (Lipinski definition) is 3. The Kier molecular flexibility index (Phi) is 4.11. The predicted molar refractivity (Wildman–Crippen MR) is 75.6 cm³/mol. The highest BCUT2D eigenvalue weighted by molar-refractivity contribution is 7.80. The van der Waals surface area contributed by atoms with E-state index in [1.807, 2.05) is 24.3 Å². The van der Waals surface area contributed by atoms with Gasteiger partial charge in [0.05, 0.1) is 11.5 Å². The summed E-state index contributed by atoms with van der Waals surface area (Å²) in [5.41, 5.74) is 7.68. The van der Waals surface area contributed by atoms with Crippen LogP contribution in [0.15, 0.2) is 24.3 Å². The smallest absolute Gasteiger partial charge is 0.309 e. The lowest BCUT2D eigenvalue weighted by Crippen LogP contribution is -2.46. The fourth-order valence-electron chi connectivity index (χ4n) is 2.16. The minimum absolute atomic E-state index is 0.0273. The predicted octanol–water partition coefficient (Wildman–Crippen LogP) is -0.328. The Bertz CT molecular complexity index is 505. The third kappa shape index (κ3) is 3.51. The number of nitrogens with two attached hydrogens (primary N) is 1. The van der Waals surface area contributed by atoms with Crippen molar-refractivity contribution in [1.82, 2.24) is 10.6 Å². The van der Waals surface area contributed by atoms with Crippen molar-refractivity contribution < 1.29 is 9.59 Å². The van der Waals surface area contributed by atoms with E-state index in [2.05, 4.69) is 22.9 Å². The van der Waals surface area contributed by atoms with Crippen molar-refractivity contribution in [3.8, 4) is 0 Å². The summed E-state index contributed by atoms with van der Waals surface area (Å²) in [6.07, 6.45) is 1.51. The van der Waals surface area contributed by atoms with Crippen LogP contribution in [0.25, 0.3) is 0 Å². The van der Waals surface area contributed by atoms with Gasteiger partial charge in [-0.15, -0.1) is 0 Å². The fraction of sp³-hybridized carbons (Fsp3) is 0.308. The first-order valence-electron chi connectivity index (χ1n) is 6.00. The number of carbonyl (C=O) groups excluding carboxylic acids is 2. The average molecular weight is 277 g/mol. The van der Waals surface area contributed by atoms with Crippen LogP contribution < -0.4 is 16.4 Å². The summed E-state index contributed by atoms with van der Waals surface area (Å²) in [5.74, 6) is -1.35. The van der Waals surface area contributed by atoms with Crippen LogP contribution in [-0.4, -0.2) is 29.4 Å². The highest BCUT2D eigenvalue weighted by Gasteiger charge is 2.24. The van der Waals surface area contributed by atoms with Crippen molar-refractivity contribution >= 4 is 29.0 Å². The van der Waals surface area contributed by atoms with Gasteiger partial charge in [-0.3, -0.25) is 9.59 Å². The Labute approximate surface area is 116 Å². The maximum atomic E-state index is 11.7. The van der Waals surface area contributed by atoms with E-state index in [0.29, 0.717) is 0 Å². The Hall–Kier alpha value is -1.95. The summed E-state index contributed by atoms with van der Waals surface area (Å²) in [6.45, 7) is 0.0342. The van der Waals surface area contributed by atoms with Gasteiger partial charge in [0, 0.05) is 6.04 Å². The van der Waals surface area contributed by atoms with Crippen molar-refractivity contribution in [1.29, 1.82) is 0 Å². The topological polar surface area (TPSA) is 84.2 Å². The zero-order chi connectivity index (χ0) is 13.8. The van der Waals surface area contributed by atoms with Crippen LogP contribution in [0.4, 0.5) is 0 Å². The molecule has 19 heavy (non-hydrogen) atoms. The molecule has 1 aromatic carbocycles. The highest BCUT2D eigenvalue weighted by atomic mass is 32.1. The van der Waals surface area contributed by atoms with E-state index in [-0.39, 0.29) is 17.6 Å². The minimum Gasteiger partial charge on any atom is -0.392 e. The quantitative estimate of drug-likeness (QED) is 0.522. The summed E-state index contributed by atoms with van der Waals surface area (Å²) in [6, 6.07) is 7.99. The largest absolute Gasteiger partial charge is 0.392 e. The molecule has 5 nitrogen and oxygen atoms in total. The van der Waals surface area contributed by atoms with Gasteiger partial charge < -0.3 is 16.4 Å². The van der Waals surface area contributed by atoms with Crippen molar-refractivity contribution in [2.45, 2.75) is 18.9 Å². The summed E-state index contributed by atoms with van der Waals surface area (Å²) >= 11 is 4.62. The molecule has 4 N–H and O–H groups in total. The molecule has 0 aliphatic heterocycles. The van der Waals surface area contributed by atoms with Crippen molar-refractivity contribution in [3.05, 3.63) is 35.4 Å². The number of hydrogen-bond donors (Lipinski definition) is 3. The van der Waals surface area contributed by atoms with Crippen molar-refractivity contribution in [2.24, 2.45) is 5.73 Å². The number of nitrogens with one attached hydrogen (secondary N) is 2. The van der Waals surface area contributed by atoms with Crippen LogP contribution in [0.3, 0.4) is 0 Å². The van der Waals surface area contributed by atoms with Crippen molar-refractivity contribution in [3.63, 3.8) is 0 Å². The van der Waals surface area contributed by atoms with Crippen LogP contribution in [0, 0.1) is 0 Å². The molecule has 0 atom stereocenters. The third-order valence-corrected chi connectivity index (χ3v) is 3.16. The first kappa shape index (κ1) is 13.5. The monoisotopic (exact) mass is 277 g/mol. The number of rotatable bonds is 3. The molecule has 2 amide bonds. The molecule has 1 aliphatic carbocycles. The van der Waals surface area contributed by atoms with Gasteiger partial charge in [0.1, 0.15) is 0 Å². The molecule has 100 valence electrons. The van der Waals surface area contributed by atoms with E-state index >= 15 is 0 Å². The first-order valence-corrected chi connectivity index (χ1v) is 6.41. The minimum atomic E-state index is -0.705. The second kappa shape index (κ2) is 5.79. The fourth-order valence-corrected chi connectivity index (χ4v) is 2.23. The summed E-state index contributed by atoms with van der Waals surface area (Å²) in [5, 5.41) is 5.07. The molecule has 0 heterocycles. The summed E-state index contributed by atoms with van der Waals surface area (Å²) < 4.78 is 0. The highest BCUT2D eigenvalue weighted by Crippen LogP contribution is 2.21.